The van der Waals surface area contributed by atoms with E-state index >= 15 is 0 Å². The largest absolute Gasteiger partial charge is 0.455 e. The van der Waals surface area contributed by atoms with E-state index < -0.39 is 0 Å². The minimum absolute atomic E-state index is 0.410. The van der Waals surface area contributed by atoms with Gasteiger partial charge in [-0.05, 0) is 58.7 Å². The van der Waals surface area contributed by atoms with E-state index in [0.717, 1.165) is 72.5 Å². The first-order chi connectivity index (χ1) is 24.2. The quantitative estimate of drug-likeness (QED) is 0.153. The van der Waals surface area contributed by atoms with Crippen molar-refractivity contribution in [2.75, 3.05) is 0 Å². The summed E-state index contributed by atoms with van der Waals surface area (Å²) < 4.78 is 11.3. The van der Waals surface area contributed by atoms with E-state index in [9.17, 15) is 0 Å². The number of furan rings is 1. The summed E-state index contributed by atoms with van der Waals surface area (Å²) in [6.45, 7) is 0. The number of nitrogens with zero attached hydrogens (tertiary/aromatic N) is 2. The normalized spacial score (nSPS) is 12.4. The van der Waals surface area contributed by atoms with Crippen molar-refractivity contribution >= 4 is 86.9 Å². The Labute approximate surface area is 286 Å². The van der Waals surface area contributed by atoms with E-state index in [-0.39, 0.29) is 0 Å². The maximum absolute atomic E-state index is 7.10. The predicted molar refractivity (Wildman–Crippen MR) is 207 cm³/mol. The van der Waals surface area contributed by atoms with Crippen LogP contribution in [-0.4, -0.2) is 10.5 Å². The third kappa shape index (κ3) is 4.40. The van der Waals surface area contributed by atoms with Crippen LogP contribution >= 0.6 is 11.3 Å². The van der Waals surface area contributed by atoms with Crippen LogP contribution in [0.2, 0.25) is 0 Å². The third-order valence-corrected chi connectivity index (χ3v) is 11.0. The number of aromatic nitrogens is 1. The highest BCUT2D eigenvalue weighted by Gasteiger charge is 2.20. The number of thiophene rings is 1. The van der Waals surface area contributed by atoms with Crippen LogP contribution in [0.15, 0.2) is 161 Å². The lowest BCUT2D eigenvalue weighted by Crippen LogP contribution is -2.21. The maximum atomic E-state index is 7.10. The first-order valence-corrected chi connectivity index (χ1v) is 17.3. The van der Waals surface area contributed by atoms with Crippen molar-refractivity contribution < 1.29 is 4.42 Å². The van der Waals surface area contributed by atoms with Crippen LogP contribution in [0, 0.1) is 0 Å². The topological polar surface area (TPSA) is 56.4 Å². The fourth-order valence-electron chi connectivity index (χ4n) is 7.43. The molecule has 0 bridgehead atoms. The van der Waals surface area contributed by atoms with Gasteiger partial charge in [-0.15, -0.1) is 11.3 Å². The smallest absolute Gasteiger partial charge is 0.205 e. The highest BCUT2D eigenvalue weighted by molar-refractivity contribution is 7.26. The van der Waals surface area contributed by atoms with Gasteiger partial charge in [0.05, 0.1) is 22.1 Å². The number of benzene rings is 7. The highest BCUT2D eigenvalue weighted by Crippen LogP contribution is 2.41. The van der Waals surface area contributed by atoms with Crippen molar-refractivity contribution in [3.63, 3.8) is 0 Å². The molecule has 0 radical (unpaired) electrons. The summed E-state index contributed by atoms with van der Waals surface area (Å²) in [6, 6.07) is 53.2. The lowest BCUT2D eigenvalue weighted by molar-refractivity contribution is 0.673. The molecule has 0 fully saturated rings. The molecule has 0 amide bonds. The molecule has 5 heteroatoms. The molecular formula is C44H29N3OS. The van der Waals surface area contributed by atoms with E-state index in [4.69, 9.17) is 15.1 Å². The summed E-state index contributed by atoms with van der Waals surface area (Å²) in [4.78, 5) is 5.18. The van der Waals surface area contributed by atoms with Crippen molar-refractivity contribution in [3.05, 3.63) is 163 Å². The van der Waals surface area contributed by atoms with Crippen LogP contribution in [0.25, 0.3) is 75.0 Å². The van der Waals surface area contributed by atoms with Crippen LogP contribution in [0.5, 0.6) is 0 Å². The standard InChI is InChI=1S/C44H29N3OS/c45-44(46-36-18-7-4-13-29(36)25-30-14-10-17-34-32-16-6-9-20-40(32)49-43(30)34)47-37-24-23-33-31-15-5-8-19-39(31)48-42(33)41(37)35-22-21-28(26-38(35)47)27-11-2-1-3-12-27/h1-24,26H,25H2,(H2,45,46). The molecule has 10 rings (SSSR count). The van der Waals surface area contributed by atoms with Crippen LogP contribution in [0.4, 0.5) is 5.69 Å². The molecule has 3 heterocycles. The Morgan fingerprint density at radius 3 is 2.24 bits per heavy atom. The molecule has 0 aliphatic carbocycles. The average molecular weight is 648 g/mol. The molecule has 0 saturated carbocycles. The third-order valence-electron chi connectivity index (χ3n) is 9.70. The van der Waals surface area contributed by atoms with Crippen molar-refractivity contribution in [1.29, 1.82) is 0 Å². The molecule has 0 aliphatic rings. The molecule has 0 aliphatic heterocycles. The second-order valence-electron chi connectivity index (χ2n) is 12.5. The fourth-order valence-corrected chi connectivity index (χ4v) is 8.65. The van der Waals surface area contributed by atoms with E-state index in [2.05, 4.69) is 132 Å². The number of hydrogen-bond acceptors (Lipinski definition) is 3. The Morgan fingerprint density at radius 1 is 0.592 bits per heavy atom. The molecule has 10 aromatic rings. The first-order valence-electron chi connectivity index (χ1n) is 16.5. The Hall–Kier alpha value is -6.17. The molecule has 0 spiro atoms. The molecule has 0 saturated heterocycles. The summed E-state index contributed by atoms with van der Waals surface area (Å²) in [6.07, 6.45) is 0.752. The summed E-state index contributed by atoms with van der Waals surface area (Å²) in [7, 11) is 0. The number of rotatable bonds is 4. The van der Waals surface area contributed by atoms with Crippen LogP contribution < -0.4 is 5.73 Å². The van der Waals surface area contributed by atoms with E-state index in [1.165, 1.54) is 25.7 Å². The SMILES string of the molecule is N/C(=N\c1ccccc1Cc1cccc2c1sc1ccccc12)n1c2cc(-c3ccccc3)ccc2c2c3oc4ccccc4c3ccc21. The second-order valence-corrected chi connectivity index (χ2v) is 13.6. The lowest BCUT2D eigenvalue weighted by atomic mass is 10.0. The average Bonchev–Trinajstić information content (AvgIpc) is 3.82. The molecule has 0 unspecified atom stereocenters. The van der Waals surface area contributed by atoms with Gasteiger partial charge in [0, 0.05) is 42.8 Å². The minimum Gasteiger partial charge on any atom is -0.455 e. The van der Waals surface area contributed by atoms with Crippen LogP contribution in [-0.2, 0) is 6.42 Å². The zero-order valence-corrected chi connectivity index (χ0v) is 27.2. The molecule has 4 nitrogen and oxygen atoms in total. The van der Waals surface area contributed by atoms with E-state index in [0.29, 0.717) is 5.96 Å². The van der Waals surface area contributed by atoms with Gasteiger partial charge in [-0.25, -0.2) is 4.99 Å². The Morgan fingerprint density at radius 2 is 1.33 bits per heavy atom. The fraction of sp³-hybridized carbons (Fsp3) is 0.0227. The summed E-state index contributed by atoms with van der Waals surface area (Å²) in [5, 5.41) is 6.90. The van der Waals surface area contributed by atoms with Gasteiger partial charge in [0.15, 0.2) is 0 Å². The molecule has 49 heavy (non-hydrogen) atoms. The molecule has 232 valence electrons. The molecule has 0 atom stereocenters. The predicted octanol–water partition coefficient (Wildman–Crippen LogP) is 11.8. The van der Waals surface area contributed by atoms with Crippen molar-refractivity contribution in [2.24, 2.45) is 10.7 Å². The Kier molecular flexibility index (Phi) is 6.23. The Balaban J connectivity index is 1.17. The lowest BCUT2D eigenvalue weighted by Gasteiger charge is -2.11. The molecule has 3 aromatic heterocycles. The molecular weight excluding hydrogens is 619 g/mol. The van der Waals surface area contributed by atoms with Crippen molar-refractivity contribution in [1.82, 2.24) is 4.57 Å². The van der Waals surface area contributed by atoms with Gasteiger partial charge < -0.3 is 10.2 Å². The van der Waals surface area contributed by atoms with Gasteiger partial charge in [-0.3, -0.25) is 4.57 Å². The minimum atomic E-state index is 0.410. The zero-order chi connectivity index (χ0) is 32.5. The summed E-state index contributed by atoms with van der Waals surface area (Å²) >= 11 is 1.86. The maximum Gasteiger partial charge on any atom is 0.205 e. The van der Waals surface area contributed by atoms with E-state index in [1.54, 1.807) is 0 Å². The van der Waals surface area contributed by atoms with Gasteiger partial charge in [0.1, 0.15) is 11.2 Å². The summed E-state index contributed by atoms with van der Waals surface area (Å²) in [5.41, 5.74) is 16.3. The monoisotopic (exact) mass is 647 g/mol. The number of hydrogen-bond donors (Lipinski definition) is 1. The molecule has 7 aromatic carbocycles. The van der Waals surface area contributed by atoms with Gasteiger partial charge in [-0.1, -0.05) is 115 Å². The van der Waals surface area contributed by atoms with Gasteiger partial charge in [-0.2, -0.15) is 0 Å². The van der Waals surface area contributed by atoms with Gasteiger partial charge in [0.2, 0.25) is 5.96 Å². The van der Waals surface area contributed by atoms with Gasteiger partial charge in [0.25, 0.3) is 0 Å². The zero-order valence-electron chi connectivity index (χ0n) is 26.4. The van der Waals surface area contributed by atoms with E-state index in [1.807, 2.05) is 35.6 Å². The van der Waals surface area contributed by atoms with Gasteiger partial charge >= 0.3 is 0 Å². The highest BCUT2D eigenvalue weighted by atomic mass is 32.1. The summed E-state index contributed by atoms with van der Waals surface area (Å²) in [5.74, 6) is 0.410. The van der Waals surface area contributed by atoms with Crippen LogP contribution in [0.1, 0.15) is 11.1 Å². The number of nitrogens with two attached hydrogens (primary N) is 1. The second kappa shape index (κ2) is 10.9. The molecule has 2 N–H and O–H groups in total. The number of aliphatic imine (C=N–C) groups is 1. The van der Waals surface area contributed by atoms with Crippen LogP contribution in [0.3, 0.4) is 0 Å². The number of fused-ring (bicyclic) bond motifs is 10. The Bertz CT molecular complexity index is 2930. The number of para-hydroxylation sites is 2. The van der Waals surface area contributed by atoms with Crippen molar-refractivity contribution in [3.8, 4) is 11.1 Å². The van der Waals surface area contributed by atoms with Crippen molar-refractivity contribution in [2.45, 2.75) is 6.42 Å². The first kappa shape index (κ1) is 27.9.